The van der Waals surface area contributed by atoms with Gasteiger partial charge in [-0.05, 0) is 49.1 Å². The number of unbranched alkanes of at least 4 members (excludes halogenated alkanes) is 1. The quantitative estimate of drug-likeness (QED) is 0.0738. The molecule has 0 fully saturated rings. The lowest BCUT2D eigenvalue weighted by atomic mass is 10.0. The van der Waals surface area contributed by atoms with Crippen LogP contribution in [-0.2, 0) is 19.2 Å². The molecule has 3 amide bonds. The van der Waals surface area contributed by atoms with E-state index in [0.29, 0.717) is 19.4 Å². The van der Waals surface area contributed by atoms with Crippen LogP contribution in [0.5, 0.6) is 0 Å². The fourth-order valence-corrected chi connectivity index (χ4v) is 3.33. The Balaban J connectivity index is 5.14. The van der Waals surface area contributed by atoms with Gasteiger partial charge >= 0.3 is 5.97 Å². The van der Waals surface area contributed by atoms with Gasteiger partial charge in [-0.1, -0.05) is 31.9 Å². The lowest BCUT2D eigenvalue weighted by Crippen LogP contribution is -2.55. The first kappa shape index (κ1) is 27.5. The van der Waals surface area contributed by atoms with E-state index in [1.807, 2.05) is 13.8 Å². The Morgan fingerprint density at radius 2 is 1.59 bits per heavy atom. The van der Waals surface area contributed by atoms with E-state index in [1.54, 1.807) is 0 Å². The van der Waals surface area contributed by atoms with Crippen molar-refractivity contribution < 1.29 is 24.3 Å². The lowest BCUT2D eigenvalue weighted by molar-refractivity contribution is -0.142. The molecule has 12 heteroatoms. The standard InChI is InChI=1S/C17H33N5O5S2/c1-10(2)9-13(16(25)20-12(17(26)27)6-7-14(19)23)21-15(24)11(22-29-28)5-3-4-8-18/h10-13,22,28H,3-9,18H2,1-2H3,(H2,19,23)(H,20,25)(H,21,24)(H,26,27)/t11-,12-,13-/m0/s1. The van der Waals surface area contributed by atoms with Crippen molar-refractivity contribution in [3.8, 4) is 0 Å². The van der Waals surface area contributed by atoms with Gasteiger partial charge in [0.1, 0.15) is 12.1 Å². The second-order valence-corrected chi connectivity index (χ2v) is 8.11. The molecule has 8 N–H and O–H groups in total. The van der Waals surface area contributed by atoms with Crippen molar-refractivity contribution >= 4 is 46.3 Å². The molecule has 0 rings (SSSR count). The van der Waals surface area contributed by atoms with Gasteiger partial charge in [-0.3, -0.25) is 14.4 Å². The number of carboxylic acid groups (broad SMARTS) is 1. The van der Waals surface area contributed by atoms with Crippen LogP contribution in [0.25, 0.3) is 0 Å². The number of nitrogens with one attached hydrogen (secondary N) is 3. The summed E-state index contributed by atoms with van der Waals surface area (Å²) in [5.74, 6) is -2.87. The Morgan fingerprint density at radius 1 is 1.00 bits per heavy atom. The van der Waals surface area contributed by atoms with Gasteiger partial charge < -0.3 is 27.2 Å². The highest BCUT2D eigenvalue weighted by atomic mass is 33.1. The molecule has 0 aromatic carbocycles. The molecule has 0 aliphatic heterocycles. The van der Waals surface area contributed by atoms with Crippen molar-refractivity contribution in [2.75, 3.05) is 6.54 Å². The van der Waals surface area contributed by atoms with Gasteiger partial charge in [0.2, 0.25) is 17.7 Å². The van der Waals surface area contributed by atoms with Gasteiger partial charge in [-0.25, -0.2) is 9.52 Å². The molecule has 0 aliphatic rings. The predicted molar refractivity (Wildman–Crippen MR) is 116 cm³/mol. The molecule has 0 aliphatic carbocycles. The fourth-order valence-electron chi connectivity index (χ4n) is 2.59. The van der Waals surface area contributed by atoms with E-state index >= 15 is 0 Å². The third-order valence-electron chi connectivity index (χ3n) is 4.09. The zero-order valence-corrected chi connectivity index (χ0v) is 18.6. The molecule has 10 nitrogen and oxygen atoms in total. The van der Waals surface area contributed by atoms with Gasteiger partial charge in [0.05, 0.1) is 6.04 Å². The summed E-state index contributed by atoms with van der Waals surface area (Å²) in [5, 5.41) is 14.4. The number of carbonyl (C=O) groups excluding carboxylic acids is 3. The molecule has 3 atom stereocenters. The van der Waals surface area contributed by atoms with E-state index in [4.69, 9.17) is 11.5 Å². The molecule has 168 valence electrons. The number of rotatable bonds is 16. The van der Waals surface area contributed by atoms with Crippen LogP contribution in [0.3, 0.4) is 0 Å². The van der Waals surface area contributed by atoms with Crippen LogP contribution >= 0.6 is 22.6 Å². The van der Waals surface area contributed by atoms with Crippen molar-refractivity contribution in [2.45, 2.75) is 70.5 Å². The average Bonchev–Trinajstić information content (AvgIpc) is 2.62. The second kappa shape index (κ2) is 15.4. The monoisotopic (exact) mass is 451 g/mol. The fraction of sp³-hybridized carbons (Fsp3) is 0.765. The molecule has 29 heavy (non-hydrogen) atoms. The second-order valence-electron chi connectivity index (χ2n) is 7.14. The van der Waals surface area contributed by atoms with Gasteiger partial charge in [0.25, 0.3) is 0 Å². The third kappa shape index (κ3) is 12.6. The smallest absolute Gasteiger partial charge is 0.326 e. The molecule has 0 bridgehead atoms. The van der Waals surface area contributed by atoms with Crippen LogP contribution in [0.15, 0.2) is 0 Å². The Hall–Kier alpha value is -1.50. The Bertz CT molecular complexity index is 550. The largest absolute Gasteiger partial charge is 0.480 e. The molecule has 0 aromatic heterocycles. The minimum Gasteiger partial charge on any atom is -0.480 e. The van der Waals surface area contributed by atoms with Gasteiger partial charge in [0, 0.05) is 6.42 Å². The number of nitrogens with two attached hydrogens (primary N) is 2. The molecule has 0 saturated heterocycles. The number of hydrogen-bond donors (Lipinski definition) is 7. The lowest BCUT2D eigenvalue weighted by Gasteiger charge is -2.25. The summed E-state index contributed by atoms with van der Waals surface area (Å²) >= 11 is 4.01. The van der Waals surface area contributed by atoms with E-state index < -0.39 is 35.9 Å². The van der Waals surface area contributed by atoms with Crippen LogP contribution < -0.4 is 26.8 Å². The molecular formula is C17H33N5O5S2. The number of primary amides is 1. The normalized spacial score (nSPS) is 14.1. The van der Waals surface area contributed by atoms with Gasteiger partial charge in [-0.15, -0.1) is 0 Å². The van der Waals surface area contributed by atoms with E-state index in [9.17, 15) is 24.3 Å². The molecule has 0 radical (unpaired) electrons. The number of thiol groups is 1. The summed E-state index contributed by atoms with van der Waals surface area (Å²) in [6.07, 6.45) is 2.03. The van der Waals surface area contributed by atoms with Gasteiger partial charge in [0.15, 0.2) is 0 Å². The summed E-state index contributed by atoms with van der Waals surface area (Å²) in [6.45, 7) is 4.28. The van der Waals surface area contributed by atoms with Crippen LogP contribution in [0.1, 0.15) is 52.4 Å². The van der Waals surface area contributed by atoms with E-state index in [1.165, 1.54) is 0 Å². The Kier molecular flexibility index (Phi) is 14.6. The first-order valence-corrected chi connectivity index (χ1v) is 11.4. The minimum absolute atomic E-state index is 0.0721. The van der Waals surface area contributed by atoms with Crippen molar-refractivity contribution in [1.82, 2.24) is 15.4 Å². The first-order valence-electron chi connectivity index (χ1n) is 9.50. The summed E-state index contributed by atoms with van der Waals surface area (Å²) in [5.41, 5.74) is 10.5. The zero-order valence-electron chi connectivity index (χ0n) is 16.8. The van der Waals surface area contributed by atoms with Crippen molar-refractivity contribution in [3.63, 3.8) is 0 Å². The number of carboxylic acids is 1. The van der Waals surface area contributed by atoms with E-state index in [-0.39, 0.29) is 24.7 Å². The van der Waals surface area contributed by atoms with Crippen LogP contribution in [0.4, 0.5) is 0 Å². The van der Waals surface area contributed by atoms with Gasteiger partial charge in [-0.2, -0.15) is 0 Å². The number of amides is 3. The van der Waals surface area contributed by atoms with E-state index in [2.05, 4.69) is 27.0 Å². The van der Waals surface area contributed by atoms with Crippen molar-refractivity contribution in [2.24, 2.45) is 17.4 Å². The highest BCUT2D eigenvalue weighted by Crippen LogP contribution is 2.11. The SMILES string of the molecule is CC(C)C[C@H](NC(=O)[C@H](CCCCN)NSS)C(=O)N[C@@H](CCC(N)=O)C(=O)O. The summed E-state index contributed by atoms with van der Waals surface area (Å²) < 4.78 is 2.88. The molecule has 0 heterocycles. The zero-order chi connectivity index (χ0) is 22.4. The molecule has 0 aromatic rings. The number of aliphatic carboxylic acids is 1. The summed E-state index contributed by atoms with van der Waals surface area (Å²) in [7, 11) is 1.000. The topological polar surface area (TPSA) is 177 Å². The van der Waals surface area contributed by atoms with E-state index in [0.717, 1.165) is 23.8 Å². The highest BCUT2D eigenvalue weighted by Gasteiger charge is 2.29. The summed E-state index contributed by atoms with van der Waals surface area (Å²) in [4.78, 5) is 47.6. The van der Waals surface area contributed by atoms with Crippen molar-refractivity contribution in [3.05, 3.63) is 0 Å². The molecular weight excluding hydrogens is 418 g/mol. The van der Waals surface area contributed by atoms with Crippen molar-refractivity contribution in [1.29, 1.82) is 0 Å². The summed E-state index contributed by atoms with van der Waals surface area (Å²) in [6, 6.07) is -2.76. The highest BCUT2D eigenvalue weighted by molar-refractivity contribution is 8.67. The average molecular weight is 452 g/mol. The Morgan fingerprint density at radius 3 is 2.07 bits per heavy atom. The minimum atomic E-state index is -1.28. The number of carbonyl (C=O) groups is 4. The predicted octanol–water partition coefficient (Wildman–Crippen LogP) is -0.0676. The first-order chi connectivity index (χ1) is 13.6. The Labute approximate surface area is 180 Å². The van der Waals surface area contributed by atoms with Crippen LogP contribution in [0, 0.1) is 5.92 Å². The molecule has 0 saturated carbocycles. The van der Waals surface area contributed by atoms with Crippen LogP contribution in [-0.4, -0.2) is 53.5 Å². The molecule has 0 spiro atoms. The maximum absolute atomic E-state index is 12.7. The maximum Gasteiger partial charge on any atom is 0.326 e. The number of hydrogen-bond acceptors (Lipinski definition) is 8. The third-order valence-corrected chi connectivity index (χ3v) is 4.80. The van der Waals surface area contributed by atoms with Crippen LogP contribution in [0.2, 0.25) is 0 Å². The molecule has 0 unspecified atom stereocenters. The maximum atomic E-state index is 12.7.